The van der Waals surface area contributed by atoms with Gasteiger partial charge in [-0.15, -0.1) is 5.10 Å². The van der Waals surface area contributed by atoms with Crippen molar-refractivity contribution in [3.8, 4) is 11.5 Å². The molecule has 0 aliphatic heterocycles. The topological polar surface area (TPSA) is 35.6 Å². The molecule has 0 aliphatic rings. The molecule has 5 heteroatoms. The van der Waals surface area contributed by atoms with Crippen molar-refractivity contribution in [1.29, 1.82) is 0 Å². The van der Waals surface area contributed by atoms with Crippen molar-refractivity contribution in [2.75, 3.05) is 0 Å². The zero-order chi connectivity index (χ0) is 16.8. The van der Waals surface area contributed by atoms with Crippen molar-refractivity contribution in [1.82, 2.24) is 19.6 Å². The SMILES string of the molecule is Clc1ccc(-n2cc3ccccc3c2-n2nnc3ccccc32)cc1. The minimum absolute atomic E-state index is 0.716. The lowest BCUT2D eigenvalue weighted by Gasteiger charge is -2.10. The summed E-state index contributed by atoms with van der Waals surface area (Å²) in [5.74, 6) is 0.964. The first-order chi connectivity index (χ1) is 12.3. The number of hydrogen-bond donors (Lipinski definition) is 0. The second-order valence-electron chi connectivity index (χ2n) is 5.88. The third kappa shape index (κ3) is 2.22. The molecule has 25 heavy (non-hydrogen) atoms. The van der Waals surface area contributed by atoms with Gasteiger partial charge in [0.2, 0.25) is 0 Å². The van der Waals surface area contributed by atoms with Crippen LogP contribution in [0.1, 0.15) is 0 Å². The lowest BCUT2D eigenvalue weighted by Crippen LogP contribution is -2.05. The maximum atomic E-state index is 6.06. The molecule has 120 valence electrons. The first-order valence-corrected chi connectivity index (χ1v) is 8.36. The zero-order valence-electron chi connectivity index (χ0n) is 13.2. The van der Waals surface area contributed by atoms with E-state index >= 15 is 0 Å². The van der Waals surface area contributed by atoms with Gasteiger partial charge in [-0.05, 0) is 36.4 Å². The molecule has 0 bridgehead atoms. The number of nitrogens with zero attached hydrogens (tertiary/aromatic N) is 4. The van der Waals surface area contributed by atoms with E-state index < -0.39 is 0 Å². The van der Waals surface area contributed by atoms with Crippen LogP contribution in [0.25, 0.3) is 33.3 Å². The van der Waals surface area contributed by atoms with Gasteiger partial charge >= 0.3 is 0 Å². The maximum Gasteiger partial charge on any atom is 0.149 e. The van der Waals surface area contributed by atoms with Crippen LogP contribution in [0.15, 0.2) is 79.0 Å². The number of aromatic nitrogens is 4. The summed E-state index contributed by atoms with van der Waals surface area (Å²) in [6, 6.07) is 24.0. The third-order valence-corrected chi connectivity index (χ3v) is 4.61. The average molecular weight is 345 g/mol. The van der Waals surface area contributed by atoms with E-state index in [0.29, 0.717) is 5.02 Å². The molecule has 0 amide bonds. The smallest absolute Gasteiger partial charge is 0.149 e. The highest BCUT2D eigenvalue weighted by Crippen LogP contribution is 2.29. The minimum atomic E-state index is 0.716. The second-order valence-corrected chi connectivity index (χ2v) is 6.31. The van der Waals surface area contributed by atoms with Gasteiger partial charge in [-0.25, -0.2) is 0 Å². The molecule has 0 aliphatic carbocycles. The van der Waals surface area contributed by atoms with Gasteiger partial charge in [-0.3, -0.25) is 0 Å². The number of benzene rings is 3. The van der Waals surface area contributed by atoms with Crippen LogP contribution in [0, 0.1) is 0 Å². The van der Waals surface area contributed by atoms with E-state index in [-0.39, 0.29) is 0 Å². The van der Waals surface area contributed by atoms with Gasteiger partial charge in [0, 0.05) is 27.7 Å². The molecular formula is C20H13ClN4. The molecule has 0 spiro atoms. The molecule has 2 aromatic heterocycles. The normalized spacial score (nSPS) is 11.4. The molecule has 5 aromatic rings. The van der Waals surface area contributed by atoms with Crippen molar-refractivity contribution in [2.24, 2.45) is 0 Å². The minimum Gasteiger partial charge on any atom is -0.301 e. The Bertz CT molecular complexity index is 1200. The largest absolute Gasteiger partial charge is 0.301 e. The van der Waals surface area contributed by atoms with Crippen LogP contribution in [-0.2, 0) is 0 Å². The van der Waals surface area contributed by atoms with Gasteiger partial charge in [0.05, 0.1) is 5.52 Å². The fraction of sp³-hybridized carbons (Fsp3) is 0. The van der Waals surface area contributed by atoms with Crippen LogP contribution in [-0.4, -0.2) is 19.6 Å². The quantitative estimate of drug-likeness (QED) is 0.451. The molecular weight excluding hydrogens is 332 g/mol. The number of hydrogen-bond acceptors (Lipinski definition) is 2. The van der Waals surface area contributed by atoms with Crippen LogP contribution < -0.4 is 0 Å². The van der Waals surface area contributed by atoms with Crippen molar-refractivity contribution in [3.63, 3.8) is 0 Å². The first kappa shape index (κ1) is 14.3. The monoisotopic (exact) mass is 344 g/mol. The Labute approximate surface area is 148 Å². The second kappa shape index (κ2) is 5.46. The summed E-state index contributed by atoms with van der Waals surface area (Å²) in [7, 11) is 0. The van der Waals surface area contributed by atoms with Crippen LogP contribution in [0.5, 0.6) is 0 Å². The molecule has 4 nitrogen and oxygen atoms in total. The Morgan fingerprint density at radius 3 is 2.44 bits per heavy atom. The lowest BCUT2D eigenvalue weighted by molar-refractivity contribution is 0.786. The highest BCUT2D eigenvalue weighted by molar-refractivity contribution is 6.30. The summed E-state index contributed by atoms with van der Waals surface area (Å²) in [6.45, 7) is 0. The number of para-hydroxylation sites is 1. The van der Waals surface area contributed by atoms with Crippen LogP contribution in [0.4, 0.5) is 0 Å². The standard InChI is InChI=1S/C20H13ClN4/c21-15-9-11-16(12-10-15)24-13-14-5-1-2-6-17(14)20(24)25-19-8-4-3-7-18(19)22-23-25/h1-13H. The van der Waals surface area contributed by atoms with Crippen molar-refractivity contribution in [3.05, 3.63) is 84.0 Å². The maximum absolute atomic E-state index is 6.06. The Balaban J connectivity index is 1.87. The predicted octanol–water partition coefficient (Wildman–Crippen LogP) is 5.02. The van der Waals surface area contributed by atoms with E-state index in [1.165, 1.54) is 0 Å². The van der Waals surface area contributed by atoms with Crippen molar-refractivity contribution >= 4 is 33.4 Å². The first-order valence-electron chi connectivity index (χ1n) is 7.98. The summed E-state index contributed by atoms with van der Waals surface area (Å²) in [6.07, 6.45) is 2.12. The fourth-order valence-electron chi connectivity index (χ4n) is 3.18. The van der Waals surface area contributed by atoms with E-state index in [1.807, 2.05) is 65.3 Å². The molecule has 5 rings (SSSR count). The molecule has 0 atom stereocenters. The summed E-state index contributed by atoms with van der Waals surface area (Å²) in [5.41, 5.74) is 2.87. The summed E-state index contributed by atoms with van der Waals surface area (Å²) in [4.78, 5) is 0. The van der Waals surface area contributed by atoms with E-state index in [9.17, 15) is 0 Å². The predicted molar refractivity (Wildman–Crippen MR) is 101 cm³/mol. The Morgan fingerprint density at radius 1 is 0.800 bits per heavy atom. The summed E-state index contributed by atoms with van der Waals surface area (Å²) < 4.78 is 4.02. The van der Waals surface area contributed by atoms with E-state index in [4.69, 9.17) is 11.6 Å². The van der Waals surface area contributed by atoms with E-state index in [0.717, 1.165) is 33.3 Å². The molecule has 3 aromatic carbocycles. The van der Waals surface area contributed by atoms with Crippen molar-refractivity contribution in [2.45, 2.75) is 0 Å². The molecule has 0 saturated heterocycles. The number of rotatable bonds is 2. The molecule has 0 fully saturated rings. The summed E-state index contributed by atoms with van der Waals surface area (Å²) in [5, 5.41) is 11.7. The van der Waals surface area contributed by atoms with Gasteiger partial charge < -0.3 is 4.57 Å². The van der Waals surface area contributed by atoms with Gasteiger partial charge in [0.1, 0.15) is 11.3 Å². The number of fused-ring (bicyclic) bond motifs is 2. The molecule has 2 heterocycles. The Hall–Kier alpha value is -3.11. The molecule has 0 N–H and O–H groups in total. The van der Waals surface area contributed by atoms with Crippen LogP contribution in [0.2, 0.25) is 5.02 Å². The fourth-order valence-corrected chi connectivity index (χ4v) is 3.31. The molecule has 0 unspecified atom stereocenters. The van der Waals surface area contributed by atoms with Gasteiger partial charge in [-0.1, -0.05) is 53.2 Å². The molecule has 0 radical (unpaired) electrons. The molecule has 0 saturated carbocycles. The Kier molecular flexibility index (Phi) is 3.11. The van der Waals surface area contributed by atoms with Crippen LogP contribution >= 0.6 is 11.6 Å². The lowest BCUT2D eigenvalue weighted by atomic mass is 10.2. The highest BCUT2D eigenvalue weighted by Gasteiger charge is 2.16. The van der Waals surface area contributed by atoms with Crippen molar-refractivity contribution < 1.29 is 0 Å². The van der Waals surface area contributed by atoms with Gasteiger partial charge in [-0.2, -0.15) is 4.68 Å². The van der Waals surface area contributed by atoms with E-state index in [2.05, 4.69) is 33.2 Å². The van der Waals surface area contributed by atoms with Crippen LogP contribution in [0.3, 0.4) is 0 Å². The zero-order valence-corrected chi connectivity index (χ0v) is 13.9. The average Bonchev–Trinajstić information content (AvgIpc) is 3.23. The summed E-state index contributed by atoms with van der Waals surface area (Å²) >= 11 is 6.06. The Morgan fingerprint density at radius 2 is 1.56 bits per heavy atom. The van der Waals surface area contributed by atoms with E-state index in [1.54, 1.807) is 0 Å². The third-order valence-electron chi connectivity index (χ3n) is 4.36. The number of halogens is 1. The van der Waals surface area contributed by atoms with Gasteiger partial charge in [0.25, 0.3) is 0 Å². The van der Waals surface area contributed by atoms with Gasteiger partial charge in [0.15, 0.2) is 0 Å². The highest BCUT2D eigenvalue weighted by atomic mass is 35.5.